The number of cyclic esters (lactones) is 1. The molecule has 0 fully saturated rings. The molecule has 82 valence electrons. The Labute approximate surface area is 96.0 Å². The summed E-state index contributed by atoms with van der Waals surface area (Å²) in [5, 5.41) is 0. The Bertz CT molecular complexity index is 349. The van der Waals surface area contributed by atoms with E-state index in [0.717, 1.165) is 30.4 Å². The lowest BCUT2D eigenvalue weighted by molar-refractivity contribution is 0.0364. The van der Waals surface area contributed by atoms with Crippen LogP contribution in [-0.4, -0.2) is 5.97 Å². The number of rotatable bonds is 3. The van der Waals surface area contributed by atoms with Gasteiger partial charge in [-0.25, -0.2) is 4.79 Å². The summed E-state index contributed by atoms with van der Waals surface area (Å²) in [6.45, 7) is 2.14. The Balaban J connectivity index is 0.00000112. The fourth-order valence-electron chi connectivity index (χ4n) is 1.82. The number of carbonyl (C=O) groups is 1. The first-order valence-corrected chi connectivity index (χ1v) is 5.13. The highest BCUT2D eigenvalue weighted by molar-refractivity contribution is 5.93. The summed E-state index contributed by atoms with van der Waals surface area (Å²) in [7, 11) is 0. The number of benzene rings is 1. The quantitative estimate of drug-likeness (QED) is 0.738. The molecule has 2 rings (SSSR count). The van der Waals surface area contributed by atoms with E-state index >= 15 is 0 Å². The summed E-state index contributed by atoms with van der Waals surface area (Å²) in [5.41, 5.74) is 1.81. The molecule has 0 radical (unpaired) electrons. The van der Waals surface area contributed by atoms with Crippen molar-refractivity contribution in [2.75, 3.05) is 0 Å². The molecule has 1 atom stereocenters. The van der Waals surface area contributed by atoms with Crippen LogP contribution >= 0.6 is 12.4 Å². The van der Waals surface area contributed by atoms with Crippen LogP contribution in [0.3, 0.4) is 0 Å². The van der Waals surface area contributed by atoms with Gasteiger partial charge in [0.2, 0.25) is 0 Å². The lowest BCUT2D eigenvalue weighted by atomic mass is 10.0. The van der Waals surface area contributed by atoms with Crippen LogP contribution in [0, 0.1) is 0 Å². The van der Waals surface area contributed by atoms with Gasteiger partial charge in [0.15, 0.2) is 0 Å². The number of hydrogen-bond donors (Lipinski definition) is 0. The van der Waals surface area contributed by atoms with Crippen molar-refractivity contribution in [3.63, 3.8) is 0 Å². The highest BCUT2D eigenvalue weighted by atomic mass is 35.5. The van der Waals surface area contributed by atoms with Gasteiger partial charge in [0.05, 0.1) is 5.56 Å². The van der Waals surface area contributed by atoms with E-state index in [1.54, 1.807) is 0 Å². The Morgan fingerprint density at radius 2 is 2.07 bits per heavy atom. The summed E-state index contributed by atoms with van der Waals surface area (Å²) in [6.07, 6.45) is 3.18. The molecule has 1 heterocycles. The van der Waals surface area contributed by atoms with Crippen molar-refractivity contribution < 1.29 is 9.53 Å². The van der Waals surface area contributed by atoms with Crippen LogP contribution in [0.1, 0.15) is 48.2 Å². The summed E-state index contributed by atoms with van der Waals surface area (Å²) < 4.78 is 5.29. The molecule has 0 aromatic heterocycles. The van der Waals surface area contributed by atoms with Gasteiger partial charge in [0.25, 0.3) is 0 Å². The third kappa shape index (κ3) is 2.32. The molecule has 0 spiro atoms. The van der Waals surface area contributed by atoms with Crippen molar-refractivity contribution in [2.24, 2.45) is 0 Å². The van der Waals surface area contributed by atoms with Crippen molar-refractivity contribution in [3.8, 4) is 0 Å². The van der Waals surface area contributed by atoms with Gasteiger partial charge in [-0.1, -0.05) is 31.5 Å². The first-order valence-electron chi connectivity index (χ1n) is 5.13. The Morgan fingerprint density at radius 3 is 2.80 bits per heavy atom. The Hall–Kier alpha value is -1.02. The van der Waals surface area contributed by atoms with Crippen LogP contribution in [0.15, 0.2) is 24.3 Å². The molecule has 1 aromatic carbocycles. The van der Waals surface area contributed by atoms with Gasteiger partial charge in [-0.15, -0.1) is 12.4 Å². The number of hydrogen-bond acceptors (Lipinski definition) is 2. The lowest BCUT2D eigenvalue weighted by Gasteiger charge is -2.08. The van der Waals surface area contributed by atoms with E-state index < -0.39 is 0 Å². The molecule has 0 saturated heterocycles. The van der Waals surface area contributed by atoms with Gasteiger partial charge >= 0.3 is 5.97 Å². The molecule has 15 heavy (non-hydrogen) atoms. The maximum Gasteiger partial charge on any atom is 0.339 e. The standard InChI is InChI=1S/C12H14O2.ClH/c1-2-3-8-11-9-6-4-5-7-10(9)12(13)14-11;/h4-7,11H,2-3,8H2,1H3;1H. The minimum atomic E-state index is -0.165. The lowest BCUT2D eigenvalue weighted by Crippen LogP contribution is -1.98. The zero-order chi connectivity index (χ0) is 9.97. The van der Waals surface area contributed by atoms with Crippen molar-refractivity contribution in [2.45, 2.75) is 32.3 Å². The second kappa shape index (κ2) is 5.17. The number of carbonyl (C=O) groups excluding carboxylic acids is 1. The van der Waals surface area contributed by atoms with Gasteiger partial charge < -0.3 is 4.74 Å². The molecular weight excluding hydrogens is 212 g/mol. The molecule has 3 heteroatoms. The van der Waals surface area contributed by atoms with Crippen molar-refractivity contribution in [1.29, 1.82) is 0 Å². The average molecular weight is 227 g/mol. The zero-order valence-corrected chi connectivity index (χ0v) is 9.55. The van der Waals surface area contributed by atoms with E-state index in [1.807, 2.05) is 24.3 Å². The third-order valence-corrected chi connectivity index (χ3v) is 2.60. The molecule has 0 amide bonds. The minimum absolute atomic E-state index is 0. The molecule has 0 saturated carbocycles. The zero-order valence-electron chi connectivity index (χ0n) is 8.73. The summed E-state index contributed by atoms with van der Waals surface area (Å²) in [6, 6.07) is 7.66. The predicted molar refractivity (Wildman–Crippen MR) is 61.4 cm³/mol. The van der Waals surface area contributed by atoms with Crippen LogP contribution in [-0.2, 0) is 4.74 Å². The smallest absolute Gasteiger partial charge is 0.339 e. The number of ether oxygens (including phenoxy) is 1. The SMILES string of the molecule is CCCCC1OC(=O)c2ccccc21.Cl. The summed E-state index contributed by atoms with van der Waals surface area (Å²) in [5.74, 6) is -0.165. The van der Waals surface area contributed by atoms with Gasteiger partial charge in [-0.2, -0.15) is 0 Å². The molecule has 1 aliphatic heterocycles. The first-order chi connectivity index (χ1) is 6.83. The van der Waals surface area contributed by atoms with E-state index in [2.05, 4.69) is 6.92 Å². The molecule has 1 unspecified atom stereocenters. The number of fused-ring (bicyclic) bond motifs is 1. The van der Waals surface area contributed by atoms with Crippen molar-refractivity contribution in [3.05, 3.63) is 35.4 Å². The third-order valence-electron chi connectivity index (χ3n) is 2.60. The summed E-state index contributed by atoms with van der Waals surface area (Å²) in [4.78, 5) is 11.4. The fraction of sp³-hybridized carbons (Fsp3) is 0.417. The number of halogens is 1. The van der Waals surface area contributed by atoms with E-state index in [0.29, 0.717) is 0 Å². The summed E-state index contributed by atoms with van der Waals surface area (Å²) >= 11 is 0. The number of esters is 1. The van der Waals surface area contributed by atoms with Crippen LogP contribution in [0.2, 0.25) is 0 Å². The minimum Gasteiger partial charge on any atom is -0.454 e. The second-order valence-electron chi connectivity index (χ2n) is 3.62. The molecular formula is C12H15ClO2. The maximum atomic E-state index is 11.4. The first kappa shape index (κ1) is 12.1. The highest BCUT2D eigenvalue weighted by Gasteiger charge is 2.29. The van der Waals surface area contributed by atoms with Crippen LogP contribution in [0.25, 0.3) is 0 Å². The Morgan fingerprint density at radius 1 is 1.33 bits per heavy atom. The van der Waals surface area contributed by atoms with Gasteiger partial charge in [-0.05, 0) is 18.9 Å². The van der Waals surface area contributed by atoms with Crippen LogP contribution in [0.5, 0.6) is 0 Å². The highest BCUT2D eigenvalue weighted by Crippen LogP contribution is 2.33. The average Bonchev–Trinajstić information content (AvgIpc) is 2.54. The van der Waals surface area contributed by atoms with Gasteiger partial charge in [0.1, 0.15) is 6.10 Å². The van der Waals surface area contributed by atoms with Gasteiger partial charge in [0, 0.05) is 5.56 Å². The topological polar surface area (TPSA) is 26.3 Å². The van der Waals surface area contributed by atoms with Crippen molar-refractivity contribution >= 4 is 18.4 Å². The van der Waals surface area contributed by atoms with E-state index in [-0.39, 0.29) is 24.5 Å². The van der Waals surface area contributed by atoms with Crippen molar-refractivity contribution in [1.82, 2.24) is 0 Å². The monoisotopic (exact) mass is 226 g/mol. The molecule has 0 bridgehead atoms. The second-order valence-corrected chi connectivity index (χ2v) is 3.62. The number of unbranched alkanes of at least 4 members (excludes halogenated alkanes) is 1. The molecule has 0 N–H and O–H groups in total. The van der Waals surface area contributed by atoms with Crippen LogP contribution in [0.4, 0.5) is 0 Å². The normalized spacial score (nSPS) is 17.9. The fourth-order valence-corrected chi connectivity index (χ4v) is 1.82. The largest absolute Gasteiger partial charge is 0.454 e. The predicted octanol–water partition coefficient (Wildman–Crippen LogP) is 3.51. The molecule has 1 aromatic rings. The maximum absolute atomic E-state index is 11.4. The molecule has 1 aliphatic rings. The molecule has 2 nitrogen and oxygen atoms in total. The van der Waals surface area contributed by atoms with E-state index in [9.17, 15) is 4.79 Å². The van der Waals surface area contributed by atoms with E-state index in [1.165, 1.54) is 0 Å². The van der Waals surface area contributed by atoms with Gasteiger partial charge in [-0.3, -0.25) is 0 Å². The van der Waals surface area contributed by atoms with E-state index in [4.69, 9.17) is 4.74 Å². The van der Waals surface area contributed by atoms with Crippen LogP contribution < -0.4 is 0 Å². The Kier molecular flexibility index (Phi) is 4.15. The molecule has 0 aliphatic carbocycles.